The number of carboxylic acids is 1. The lowest BCUT2D eigenvalue weighted by atomic mass is 10.1. The van der Waals surface area contributed by atoms with Gasteiger partial charge in [-0.15, -0.1) is 0 Å². The molecule has 1 saturated heterocycles. The van der Waals surface area contributed by atoms with Crippen molar-refractivity contribution in [3.63, 3.8) is 0 Å². The maximum Gasteiger partial charge on any atom is 0.307 e. The van der Waals surface area contributed by atoms with Crippen molar-refractivity contribution < 1.29 is 14.7 Å². The Balaban J connectivity index is 2.06. The molecule has 2 rings (SSSR count). The molecule has 1 heterocycles. The summed E-state index contributed by atoms with van der Waals surface area (Å²) < 4.78 is 0. The fourth-order valence-electron chi connectivity index (χ4n) is 1.86. The first-order valence-corrected chi connectivity index (χ1v) is 5.47. The van der Waals surface area contributed by atoms with Crippen molar-refractivity contribution in [2.45, 2.75) is 6.42 Å². The monoisotopic (exact) mass is 234 g/mol. The molecule has 0 spiro atoms. The molecule has 0 aliphatic carbocycles. The smallest absolute Gasteiger partial charge is 0.307 e. The molecule has 1 aliphatic rings. The molecule has 90 valence electrons. The van der Waals surface area contributed by atoms with Crippen molar-refractivity contribution in [3.8, 4) is 0 Å². The number of hydrogen-bond donors (Lipinski definition) is 2. The molecule has 0 aromatic heterocycles. The first kappa shape index (κ1) is 11.4. The van der Waals surface area contributed by atoms with Gasteiger partial charge in [0.05, 0.1) is 13.0 Å². The van der Waals surface area contributed by atoms with Crippen LogP contribution in [0.15, 0.2) is 24.3 Å². The van der Waals surface area contributed by atoms with Crippen LogP contribution in [-0.4, -0.2) is 36.6 Å². The molecule has 17 heavy (non-hydrogen) atoms. The van der Waals surface area contributed by atoms with Crippen molar-refractivity contribution in [1.82, 2.24) is 5.32 Å². The number of carboxylic acid groups (broad SMARTS) is 1. The predicted molar refractivity (Wildman–Crippen MR) is 63.0 cm³/mol. The maximum absolute atomic E-state index is 11.2. The summed E-state index contributed by atoms with van der Waals surface area (Å²) in [5.41, 5.74) is 1.72. The number of benzene rings is 1. The van der Waals surface area contributed by atoms with Crippen molar-refractivity contribution in [1.29, 1.82) is 0 Å². The summed E-state index contributed by atoms with van der Waals surface area (Å²) in [5.74, 6) is -0.819. The van der Waals surface area contributed by atoms with Crippen LogP contribution in [0.25, 0.3) is 0 Å². The molecule has 0 bridgehead atoms. The van der Waals surface area contributed by atoms with Crippen LogP contribution >= 0.6 is 0 Å². The lowest BCUT2D eigenvalue weighted by Crippen LogP contribution is -2.47. The number of amides is 1. The summed E-state index contributed by atoms with van der Waals surface area (Å²) in [5, 5.41) is 11.4. The van der Waals surface area contributed by atoms with Crippen LogP contribution in [0.4, 0.5) is 5.69 Å². The molecule has 1 aromatic rings. The van der Waals surface area contributed by atoms with Crippen LogP contribution in [0.5, 0.6) is 0 Å². The van der Waals surface area contributed by atoms with Gasteiger partial charge in [0.1, 0.15) is 0 Å². The van der Waals surface area contributed by atoms with Crippen LogP contribution in [0.1, 0.15) is 5.56 Å². The van der Waals surface area contributed by atoms with Gasteiger partial charge in [0.25, 0.3) is 0 Å². The van der Waals surface area contributed by atoms with Gasteiger partial charge in [-0.25, -0.2) is 0 Å². The van der Waals surface area contributed by atoms with E-state index in [9.17, 15) is 9.59 Å². The second kappa shape index (κ2) is 4.86. The summed E-state index contributed by atoms with van der Waals surface area (Å²) in [6.07, 6.45) is 0.0285. The van der Waals surface area contributed by atoms with E-state index < -0.39 is 5.97 Å². The quantitative estimate of drug-likeness (QED) is 0.786. The third kappa shape index (κ3) is 2.96. The van der Waals surface area contributed by atoms with Crippen LogP contribution < -0.4 is 10.2 Å². The summed E-state index contributed by atoms with van der Waals surface area (Å²) in [7, 11) is 0. The van der Waals surface area contributed by atoms with Gasteiger partial charge in [0.2, 0.25) is 5.91 Å². The van der Waals surface area contributed by atoms with Gasteiger partial charge in [-0.1, -0.05) is 12.1 Å². The molecule has 5 heteroatoms. The minimum Gasteiger partial charge on any atom is -0.481 e. The van der Waals surface area contributed by atoms with Gasteiger partial charge >= 0.3 is 5.97 Å². The predicted octanol–water partition coefficient (Wildman–Crippen LogP) is 0.250. The Morgan fingerprint density at radius 2 is 2.06 bits per heavy atom. The fraction of sp³-hybridized carbons (Fsp3) is 0.333. The zero-order valence-corrected chi connectivity index (χ0v) is 9.35. The van der Waals surface area contributed by atoms with E-state index in [1.54, 1.807) is 12.1 Å². The minimum absolute atomic E-state index is 0.0193. The summed E-state index contributed by atoms with van der Waals surface area (Å²) >= 11 is 0. The Labute approximate surface area is 99.0 Å². The van der Waals surface area contributed by atoms with E-state index in [-0.39, 0.29) is 12.3 Å². The molecule has 2 N–H and O–H groups in total. The molecular weight excluding hydrogens is 220 g/mol. The molecule has 1 aromatic carbocycles. The van der Waals surface area contributed by atoms with E-state index in [1.165, 1.54) is 0 Å². The third-order valence-electron chi connectivity index (χ3n) is 2.70. The first-order chi connectivity index (χ1) is 8.15. The lowest BCUT2D eigenvalue weighted by Gasteiger charge is -2.28. The fourth-order valence-corrected chi connectivity index (χ4v) is 1.86. The Kier molecular flexibility index (Phi) is 3.27. The minimum atomic E-state index is -0.838. The van der Waals surface area contributed by atoms with Gasteiger partial charge in [-0.05, 0) is 17.7 Å². The second-order valence-corrected chi connectivity index (χ2v) is 4.01. The Hall–Kier alpha value is -2.04. The van der Waals surface area contributed by atoms with Crippen molar-refractivity contribution in [3.05, 3.63) is 29.8 Å². The highest BCUT2D eigenvalue weighted by atomic mass is 16.4. The molecule has 5 nitrogen and oxygen atoms in total. The van der Waals surface area contributed by atoms with Crippen LogP contribution in [0, 0.1) is 0 Å². The maximum atomic E-state index is 11.2. The number of hydrogen-bond acceptors (Lipinski definition) is 3. The van der Waals surface area contributed by atoms with Gasteiger partial charge < -0.3 is 15.3 Å². The largest absolute Gasteiger partial charge is 0.481 e. The number of nitrogens with zero attached hydrogens (tertiary/aromatic N) is 1. The third-order valence-corrected chi connectivity index (χ3v) is 2.70. The molecular formula is C12H14N2O3. The SMILES string of the molecule is O=C(O)Cc1ccc(N2CCNC(=O)C2)cc1. The van der Waals surface area contributed by atoms with Crippen molar-refractivity contribution in [2.75, 3.05) is 24.5 Å². The molecule has 0 atom stereocenters. The summed E-state index contributed by atoms with van der Waals surface area (Å²) in [6, 6.07) is 7.29. The van der Waals surface area contributed by atoms with E-state index in [2.05, 4.69) is 5.32 Å². The van der Waals surface area contributed by atoms with Crippen LogP contribution in [0.2, 0.25) is 0 Å². The van der Waals surface area contributed by atoms with Crippen LogP contribution in [0.3, 0.4) is 0 Å². The lowest BCUT2D eigenvalue weighted by molar-refractivity contribution is -0.136. The number of piperazine rings is 1. The van der Waals surface area contributed by atoms with Crippen LogP contribution in [-0.2, 0) is 16.0 Å². The molecule has 1 fully saturated rings. The van der Waals surface area contributed by atoms with Gasteiger partial charge in [0, 0.05) is 18.8 Å². The van der Waals surface area contributed by atoms with Gasteiger partial charge in [0.15, 0.2) is 0 Å². The topological polar surface area (TPSA) is 69.6 Å². The number of anilines is 1. The average molecular weight is 234 g/mol. The standard InChI is InChI=1S/C12H14N2O3/c15-11-8-14(6-5-13-11)10-3-1-9(2-4-10)7-12(16)17/h1-4H,5-8H2,(H,13,15)(H,16,17). The van der Waals surface area contributed by atoms with E-state index >= 15 is 0 Å². The summed E-state index contributed by atoms with van der Waals surface area (Å²) in [6.45, 7) is 1.79. The Bertz CT molecular complexity index is 428. The van der Waals surface area contributed by atoms with Gasteiger partial charge in [-0.2, -0.15) is 0 Å². The molecule has 0 saturated carbocycles. The molecule has 1 amide bonds. The van der Waals surface area contributed by atoms with E-state index in [0.29, 0.717) is 13.1 Å². The van der Waals surface area contributed by atoms with Gasteiger partial charge in [-0.3, -0.25) is 9.59 Å². The average Bonchev–Trinajstić information content (AvgIpc) is 2.29. The highest BCUT2D eigenvalue weighted by molar-refractivity contribution is 5.82. The number of aliphatic carboxylic acids is 1. The van der Waals surface area contributed by atoms with E-state index in [0.717, 1.165) is 17.8 Å². The first-order valence-electron chi connectivity index (χ1n) is 5.47. The van der Waals surface area contributed by atoms with E-state index in [1.807, 2.05) is 17.0 Å². The zero-order valence-electron chi connectivity index (χ0n) is 9.35. The Morgan fingerprint density at radius 3 is 2.65 bits per heavy atom. The van der Waals surface area contributed by atoms with Crippen molar-refractivity contribution in [2.24, 2.45) is 0 Å². The molecule has 1 aliphatic heterocycles. The summed E-state index contributed by atoms with van der Waals surface area (Å²) in [4.78, 5) is 23.7. The number of nitrogens with one attached hydrogen (secondary N) is 1. The normalized spacial score (nSPS) is 15.5. The Morgan fingerprint density at radius 1 is 1.35 bits per heavy atom. The number of rotatable bonds is 3. The number of carbonyl (C=O) groups excluding carboxylic acids is 1. The zero-order chi connectivity index (χ0) is 12.3. The second-order valence-electron chi connectivity index (χ2n) is 4.01. The van der Waals surface area contributed by atoms with Crippen molar-refractivity contribution >= 4 is 17.6 Å². The number of carbonyl (C=O) groups is 2. The highest BCUT2D eigenvalue weighted by Crippen LogP contribution is 2.16. The molecule has 0 unspecified atom stereocenters. The molecule has 0 radical (unpaired) electrons. The van der Waals surface area contributed by atoms with E-state index in [4.69, 9.17) is 5.11 Å². The highest BCUT2D eigenvalue weighted by Gasteiger charge is 2.16.